The molecule has 26 heavy (non-hydrogen) atoms. The highest BCUT2D eigenvalue weighted by molar-refractivity contribution is 7.13. The molecule has 1 amide bonds. The van der Waals surface area contributed by atoms with Gasteiger partial charge in [-0.15, -0.1) is 11.3 Å². The Hall–Kier alpha value is -1.72. The molecule has 0 radical (unpaired) electrons. The highest BCUT2D eigenvalue weighted by atomic mass is 32.1. The first-order valence-electron chi connectivity index (χ1n) is 9.69. The molecule has 4 nitrogen and oxygen atoms in total. The Balaban J connectivity index is 1.53. The first-order chi connectivity index (χ1) is 12.7. The first-order valence-corrected chi connectivity index (χ1v) is 10.5. The van der Waals surface area contributed by atoms with Crippen molar-refractivity contribution < 1.29 is 4.79 Å². The fraction of sp³-hybridized carbons (Fsp3) is 0.524. The number of thiazole rings is 1. The first kappa shape index (κ1) is 17.7. The highest BCUT2D eigenvalue weighted by Crippen LogP contribution is 2.38. The van der Waals surface area contributed by atoms with E-state index in [1.165, 1.54) is 31.2 Å². The van der Waals surface area contributed by atoms with E-state index in [0.717, 1.165) is 28.7 Å². The molecule has 1 aromatic heterocycles. The number of nitrogens with zero attached hydrogens (tertiary/aromatic N) is 2. The molecule has 5 heteroatoms. The number of rotatable bonds is 4. The number of carbonyl (C=O) groups is 1. The summed E-state index contributed by atoms with van der Waals surface area (Å²) >= 11 is 1.62. The molecule has 1 aromatic carbocycles. The van der Waals surface area contributed by atoms with E-state index in [1.54, 1.807) is 11.3 Å². The maximum atomic E-state index is 13.2. The summed E-state index contributed by atoms with van der Waals surface area (Å²) in [5.74, 6) is 1.35. The van der Waals surface area contributed by atoms with Crippen LogP contribution in [0.4, 0.5) is 0 Å². The van der Waals surface area contributed by atoms with E-state index in [9.17, 15) is 4.79 Å². The Morgan fingerprint density at radius 2 is 1.96 bits per heavy atom. The van der Waals surface area contributed by atoms with Crippen molar-refractivity contribution in [1.82, 2.24) is 9.88 Å². The molecule has 138 valence electrons. The van der Waals surface area contributed by atoms with Gasteiger partial charge in [0.1, 0.15) is 4.88 Å². The molecule has 2 N–H and O–H groups in total. The predicted molar refractivity (Wildman–Crippen MR) is 106 cm³/mol. The second kappa shape index (κ2) is 7.49. The summed E-state index contributed by atoms with van der Waals surface area (Å²) in [4.78, 5) is 20.8. The topological polar surface area (TPSA) is 59.2 Å². The van der Waals surface area contributed by atoms with Crippen LogP contribution in [0.15, 0.2) is 30.3 Å². The fourth-order valence-corrected chi connectivity index (χ4v) is 5.66. The largest absolute Gasteiger partial charge is 0.337 e. The number of amides is 1. The zero-order chi connectivity index (χ0) is 18.1. The third-order valence-electron chi connectivity index (χ3n) is 5.97. The molecule has 2 aliphatic rings. The van der Waals surface area contributed by atoms with E-state index < -0.39 is 0 Å². The maximum absolute atomic E-state index is 13.2. The van der Waals surface area contributed by atoms with Crippen LogP contribution in [-0.4, -0.2) is 35.4 Å². The minimum atomic E-state index is 0.140. The van der Waals surface area contributed by atoms with Crippen LogP contribution in [0.2, 0.25) is 0 Å². The quantitative estimate of drug-likeness (QED) is 0.888. The standard InChI is InChI=1S/C21H27N3OS/c1-14-19(26-20(23-14)16-9-5-6-10-16)21(25)24-12-17(11-22)18(13-24)15-7-3-2-4-8-15/h2-4,7-8,16-18H,5-6,9-13,22H2,1H3/t17-,18+/m1/s1. The number of nitrogens with two attached hydrogens (primary N) is 1. The number of aromatic nitrogens is 1. The number of carbonyl (C=O) groups excluding carboxylic acids is 1. The van der Waals surface area contributed by atoms with Crippen LogP contribution in [0.3, 0.4) is 0 Å². The van der Waals surface area contributed by atoms with Gasteiger partial charge in [0.2, 0.25) is 0 Å². The summed E-state index contributed by atoms with van der Waals surface area (Å²) in [6.45, 7) is 4.08. The molecule has 0 spiro atoms. The van der Waals surface area contributed by atoms with Gasteiger partial charge in [0, 0.05) is 24.9 Å². The van der Waals surface area contributed by atoms with Crippen LogP contribution in [0, 0.1) is 12.8 Å². The smallest absolute Gasteiger partial charge is 0.265 e. The lowest BCUT2D eigenvalue weighted by Crippen LogP contribution is -2.29. The Labute approximate surface area is 159 Å². The van der Waals surface area contributed by atoms with Crippen molar-refractivity contribution in [2.24, 2.45) is 11.7 Å². The summed E-state index contributed by atoms with van der Waals surface area (Å²) in [6, 6.07) is 10.5. The van der Waals surface area contributed by atoms with Gasteiger partial charge in [-0.2, -0.15) is 0 Å². The Bertz CT molecular complexity index is 767. The number of benzene rings is 1. The van der Waals surface area contributed by atoms with Gasteiger partial charge in [0.25, 0.3) is 5.91 Å². The summed E-state index contributed by atoms with van der Waals surface area (Å²) in [5.41, 5.74) is 8.21. The second-order valence-corrected chi connectivity index (χ2v) is 8.70. The Morgan fingerprint density at radius 3 is 2.65 bits per heavy atom. The average molecular weight is 370 g/mol. The molecule has 0 bridgehead atoms. The number of hydrogen-bond donors (Lipinski definition) is 1. The van der Waals surface area contributed by atoms with Crippen molar-refractivity contribution in [3.8, 4) is 0 Å². The van der Waals surface area contributed by atoms with E-state index in [0.29, 0.717) is 24.3 Å². The number of hydrogen-bond acceptors (Lipinski definition) is 4. The maximum Gasteiger partial charge on any atom is 0.265 e. The molecule has 1 aliphatic heterocycles. The van der Waals surface area contributed by atoms with Crippen molar-refractivity contribution in [2.75, 3.05) is 19.6 Å². The van der Waals surface area contributed by atoms with E-state index >= 15 is 0 Å². The van der Waals surface area contributed by atoms with Crippen molar-refractivity contribution in [2.45, 2.75) is 44.4 Å². The zero-order valence-electron chi connectivity index (χ0n) is 15.4. The number of likely N-dealkylation sites (tertiary alicyclic amines) is 1. The Kier molecular flexibility index (Phi) is 5.09. The van der Waals surface area contributed by atoms with Gasteiger partial charge in [0.15, 0.2) is 0 Å². The van der Waals surface area contributed by atoms with E-state index in [2.05, 4.69) is 24.3 Å². The van der Waals surface area contributed by atoms with E-state index in [-0.39, 0.29) is 5.91 Å². The van der Waals surface area contributed by atoms with Crippen molar-refractivity contribution in [1.29, 1.82) is 0 Å². The molecule has 1 saturated heterocycles. The van der Waals surface area contributed by atoms with Crippen LogP contribution in [0.5, 0.6) is 0 Å². The van der Waals surface area contributed by atoms with Gasteiger partial charge < -0.3 is 10.6 Å². The normalized spacial score (nSPS) is 23.7. The molecule has 4 rings (SSSR count). The molecule has 2 atom stereocenters. The van der Waals surface area contributed by atoms with Crippen LogP contribution >= 0.6 is 11.3 Å². The van der Waals surface area contributed by atoms with Gasteiger partial charge in [-0.05, 0) is 37.8 Å². The summed E-state index contributed by atoms with van der Waals surface area (Å²) in [7, 11) is 0. The molecule has 1 aliphatic carbocycles. The van der Waals surface area contributed by atoms with E-state index in [4.69, 9.17) is 10.7 Å². The Morgan fingerprint density at radius 1 is 1.23 bits per heavy atom. The monoisotopic (exact) mass is 369 g/mol. The minimum Gasteiger partial charge on any atom is -0.337 e. The number of aryl methyl sites for hydroxylation is 1. The van der Waals surface area contributed by atoms with Gasteiger partial charge in [-0.1, -0.05) is 43.2 Å². The lowest BCUT2D eigenvalue weighted by molar-refractivity contribution is 0.0790. The van der Waals surface area contributed by atoms with Crippen LogP contribution < -0.4 is 5.73 Å². The zero-order valence-corrected chi connectivity index (χ0v) is 16.2. The van der Waals surface area contributed by atoms with Crippen LogP contribution in [-0.2, 0) is 0 Å². The average Bonchev–Trinajstić information content (AvgIpc) is 3.40. The molecular formula is C21H27N3OS. The third kappa shape index (κ3) is 3.30. The third-order valence-corrected chi connectivity index (χ3v) is 7.28. The van der Waals surface area contributed by atoms with Crippen LogP contribution in [0.25, 0.3) is 0 Å². The van der Waals surface area contributed by atoms with Crippen molar-refractivity contribution in [3.63, 3.8) is 0 Å². The second-order valence-electron chi connectivity index (χ2n) is 7.67. The summed E-state index contributed by atoms with van der Waals surface area (Å²) in [5, 5.41) is 1.16. The van der Waals surface area contributed by atoms with Crippen molar-refractivity contribution in [3.05, 3.63) is 51.5 Å². The lowest BCUT2D eigenvalue weighted by Gasteiger charge is -2.16. The van der Waals surface area contributed by atoms with E-state index in [1.807, 2.05) is 17.9 Å². The van der Waals surface area contributed by atoms with Gasteiger partial charge in [-0.3, -0.25) is 4.79 Å². The molecule has 2 heterocycles. The molecule has 1 saturated carbocycles. The fourth-order valence-electron chi connectivity index (χ4n) is 4.46. The molecular weight excluding hydrogens is 342 g/mol. The SMILES string of the molecule is Cc1nc(C2CCCC2)sc1C(=O)N1C[C@@H](CN)[C@H](c2ccccc2)C1. The predicted octanol–water partition coefficient (Wildman–Crippen LogP) is 3.92. The van der Waals surface area contributed by atoms with Crippen molar-refractivity contribution >= 4 is 17.2 Å². The highest BCUT2D eigenvalue weighted by Gasteiger charge is 2.37. The molecule has 2 fully saturated rings. The lowest BCUT2D eigenvalue weighted by atomic mass is 9.89. The minimum absolute atomic E-state index is 0.140. The summed E-state index contributed by atoms with van der Waals surface area (Å²) < 4.78 is 0. The van der Waals surface area contributed by atoms with Gasteiger partial charge >= 0.3 is 0 Å². The molecule has 2 aromatic rings. The molecule has 0 unspecified atom stereocenters. The van der Waals surface area contributed by atoms with Gasteiger partial charge in [0.05, 0.1) is 10.7 Å². The van der Waals surface area contributed by atoms with Crippen LogP contribution in [0.1, 0.15) is 63.5 Å². The van der Waals surface area contributed by atoms with Gasteiger partial charge in [-0.25, -0.2) is 4.98 Å². The summed E-state index contributed by atoms with van der Waals surface area (Å²) in [6.07, 6.45) is 5.01.